The highest BCUT2D eigenvalue weighted by Crippen LogP contribution is 2.29. The van der Waals surface area contributed by atoms with Crippen molar-refractivity contribution in [2.24, 2.45) is 0 Å². The Kier molecular flexibility index (Phi) is 5.91. The zero-order valence-electron chi connectivity index (χ0n) is 16.5. The number of hydrogen-bond donors (Lipinski definition) is 0. The topological polar surface area (TPSA) is 47.9 Å². The lowest BCUT2D eigenvalue weighted by molar-refractivity contribution is 0.309. The molecule has 0 N–H and O–H groups in total. The molecule has 0 unspecified atom stereocenters. The van der Waals surface area contributed by atoms with E-state index < -0.39 is 0 Å². The summed E-state index contributed by atoms with van der Waals surface area (Å²) >= 11 is 0. The van der Waals surface area contributed by atoms with Gasteiger partial charge in [-0.3, -0.25) is 9.97 Å². The molecule has 4 nitrogen and oxygen atoms in total. The third kappa shape index (κ3) is 4.66. The number of hydrogen-bond acceptors (Lipinski definition) is 4. The molecular formula is C25H23N3O. The van der Waals surface area contributed by atoms with Gasteiger partial charge in [0, 0.05) is 12.4 Å². The first-order valence-electron chi connectivity index (χ1n) is 9.91. The second kappa shape index (κ2) is 9.11. The molecule has 0 aliphatic carbocycles. The third-order valence-electron chi connectivity index (χ3n) is 4.63. The zero-order chi connectivity index (χ0) is 19.9. The minimum atomic E-state index is 0.749. The normalized spacial score (nSPS) is 10.7. The lowest BCUT2D eigenvalue weighted by Crippen LogP contribution is -1.96. The van der Waals surface area contributed by atoms with Gasteiger partial charge in [0.1, 0.15) is 5.75 Å². The molecule has 4 heteroatoms. The van der Waals surface area contributed by atoms with E-state index in [0.717, 1.165) is 59.1 Å². The Hall–Kier alpha value is -3.53. The van der Waals surface area contributed by atoms with Gasteiger partial charge in [-0.05, 0) is 66.1 Å². The monoisotopic (exact) mass is 381 g/mol. The van der Waals surface area contributed by atoms with Crippen LogP contribution in [0, 0.1) is 0 Å². The van der Waals surface area contributed by atoms with Gasteiger partial charge in [-0.2, -0.15) is 0 Å². The van der Waals surface area contributed by atoms with Gasteiger partial charge in [0.05, 0.1) is 29.4 Å². The Morgan fingerprint density at radius 1 is 0.690 bits per heavy atom. The smallest absolute Gasteiger partial charge is 0.119 e. The van der Waals surface area contributed by atoms with E-state index >= 15 is 0 Å². The van der Waals surface area contributed by atoms with Crippen LogP contribution in [-0.2, 0) is 0 Å². The molecule has 0 fully saturated rings. The average Bonchev–Trinajstić information content (AvgIpc) is 2.80. The predicted molar refractivity (Wildman–Crippen MR) is 117 cm³/mol. The van der Waals surface area contributed by atoms with Crippen molar-refractivity contribution in [2.75, 3.05) is 6.61 Å². The summed E-state index contributed by atoms with van der Waals surface area (Å²) in [4.78, 5) is 13.8. The van der Waals surface area contributed by atoms with Gasteiger partial charge >= 0.3 is 0 Å². The van der Waals surface area contributed by atoms with E-state index in [-0.39, 0.29) is 0 Å². The van der Waals surface area contributed by atoms with Crippen LogP contribution in [0.4, 0.5) is 0 Å². The highest BCUT2D eigenvalue weighted by atomic mass is 16.5. The molecule has 0 saturated heterocycles. The number of aromatic nitrogens is 3. The van der Waals surface area contributed by atoms with Crippen LogP contribution in [-0.4, -0.2) is 21.6 Å². The Labute approximate surface area is 171 Å². The minimum Gasteiger partial charge on any atom is -0.494 e. The average molecular weight is 381 g/mol. The number of pyridine rings is 3. The minimum absolute atomic E-state index is 0.749. The summed E-state index contributed by atoms with van der Waals surface area (Å²) in [5.41, 5.74) is 5.50. The first kappa shape index (κ1) is 18.8. The van der Waals surface area contributed by atoms with Crippen molar-refractivity contribution >= 4 is 0 Å². The number of benzene rings is 1. The standard InChI is InChI=1S/C25H23N3O/c1-2-3-16-29-21-12-10-19(11-13-21)20-17-24(22-8-4-6-14-26-22)28-25(18-20)23-9-5-7-15-27-23/h4-15,17-18H,2-3,16H2,1H3. The lowest BCUT2D eigenvalue weighted by Gasteiger charge is -2.10. The van der Waals surface area contributed by atoms with Gasteiger partial charge < -0.3 is 4.74 Å². The molecule has 1 aromatic carbocycles. The van der Waals surface area contributed by atoms with E-state index in [2.05, 4.69) is 41.2 Å². The molecule has 3 aromatic heterocycles. The Morgan fingerprint density at radius 3 is 1.83 bits per heavy atom. The summed E-state index contributed by atoms with van der Waals surface area (Å²) in [6, 6.07) is 24.1. The third-order valence-corrected chi connectivity index (χ3v) is 4.63. The van der Waals surface area contributed by atoms with E-state index in [1.807, 2.05) is 48.5 Å². The van der Waals surface area contributed by atoms with Crippen molar-refractivity contribution in [3.05, 3.63) is 85.2 Å². The largest absolute Gasteiger partial charge is 0.494 e. The molecule has 0 aliphatic heterocycles. The molecule has 0 saturated carbocycles. The summed E-state index contributed by atoms with van der Waals surface area (Å²) in [6.07, 6.45) is 5.76. The maximum Gasteiger partial charge on any atom is 0.119 e. The fourth-order valence-corrected chi connectivity index (χ4v) is 3.07. The summed E-state index contributed by atoms with van der Waals surface area (Å²) < 4.78 is 5.79. The Morgan fingerprint density at radius 2 is 1.31 bits per heavy atom. The van der Waals surface area contributed by atoms with Gasteiger partial charge in [-0.15, -0.1) is 0 Å². The van der Waals surface area contributed by atoms with Crippen molar-refractivity contribution in [2.45, 2.75) is 19.8 Å². The van der Waals surface area contributed by atoms with E-state index in [4.69, 9.17) is 9.72 Å². The van der Waals surface area contributed by atoms with Crippen molar-refractivity contribution in [1.29, 1.82) is 0 Å². The number of rotatable bonds is 7. The quantitative estimate of drug-likeness (QED) is 0.366. The number of nitrogens with zero attached hydrogens (tertiary/aromatic N) is 3. The summed E-state index contributed by atoms with van der Waals surface area (Å²) in [5.74, 6) is 0.895. The SMILES string of the molecule is CCCCOc1ccc(-c2cc(-c3ccccn3)nc(-c3ccccn3)c2)cc1. The Bertz CT molecular complexity index is 991. The van der Waals surface area contributed by atoms with Crippen LogP contribution in [0.15, 0.2) is 85.2 Å². The fraction of sp³-hybridized carbons (Fsp3) is 0.160. The second-order valence-corrected chi connectivity index (χ2v) is 6.78. The zero-order valence-corrected chi connectivity index (χ0v) is 16.5. The first-order chi connectivity index (χ1) is 14.3. The van der Waals surface area contributed by atoms with E-state index in [9.17, 15) is 0 Å². The van der Waals surface area contributed by atoms with Crippen LogP contribution < -0.4 is 4.74 Å². The van der Waals surface area contributed by atoms with Crippen LogP contribution in [0.3, 0.4) is 0 Å². The van der Waals surface area contributed by atoms with Gasteiger partial charge in [0.2, 0.25) is 0 Å². The maximum absolute atomic E-state index is 5.79. The fourth-order valence-electron chi connectivity index (χ4n) is 3.07. The van der Waals surface area contributed by atoms with Crippen molar-refractivity contribution in [3.63, 3.8) is 0 Å². The van der Waals surface area contributed by atoms with Crippen molar-refractivity contribution < 1.29 is 4.74 Å². The van der Waals surface area contributed by atoms with Crippen LogP contribution >= 0.6 is 0 Å². The van der Waals surface area contributed by atoms with E-state index in [1.165, 1.54) is 0 Å². The molecule has 0 spiro atoms. The summed E-state index contributed by atoms with van der Waals surface area (Å²) in [5, 5.41) is 0. The van der Waals surface area contributed by atoms with Crippen molar-refractivity contribution in [3.8, 4) is 39.7 Å². The molecule has 144 valence electrons. The summed E-state index contributed by atoms with van der Waals surface area (Å²) in [6.45, 7) is 2.91. The Balaban J connectivity index is 1.72. The molecule has 29 heavy (non-hydrogen) atoms. The molecule has 0 radical (unpaired) electrons. The highest BCUT2D eigenvalue weighted by Gasteiger charge is 2.10. The first-order valence-corrected chi connectivity index (χ1v) is 9.91. The van der Waals surface area contributed by atoms with Crippen LogP contribution in [0.5, 0.6) is 5.75 Å². The van der Waals surface area contributed by atoms with Gasteiger partial charge in [0.15, 0.2) is 0 Å². The van der Waals surface area contributed by atoms with Gasteiger partial charge in [-0.1, -0.05) is 37.6 Å². The molecule has 0 atom stereocenters. The van der Waals surface area contributed by atoms with Crippen molar-refractivity contribution in [1.82, 2.24) is 15.0 Å². The maximum atomic E-state index is 5.79. The number of ether oxygens (including phenoxy) is 1. The van der Waals surface area contributed by atoms with Gasteiger partial charge in [-0.25, -0.2) is 4.98 Å². The summed E-state index contributed by atoms with van der Waals surface area (Å²) in [7, 11) is 0. The van der Waals surface area contributed by atoms with Crippen LogP contribution in [0.2, 0.25) is 0 Å². The van der Waals surface area contributed by atoms with Gasteiger partial charge in [0.25, 0.3) is 0 Å². The molecule has 0 aliphatic rings. The molecule has 4 aromatic rings. The van der Waals surface area contributed by atoms with Crippen LogP contribution in [0.1, 0.15) is 19.8 Å². The molecule has 3 heterocycles. The predicted octanol–water partition coefficient (Wildman–Crippen LogP) is 6.05. The number of unbranched alkanes of at least 4 members (excludes halogenated alkanes) is 1. The molecule has 4 rings (SSSR count). The van der Waals surface area contributed by atoms with E-state index in [0.29, 0.717) is 0 Å². The second-order valence-electron chi connectivity index (χ2n) is 6.78. The lowest BCUT2D eigenvalue weighted by atomic mass is 10.0. The van der Waals surface area contributed by atoms with E-state index in [1.54, 1.807) is 12.4 Å². The van der Waals surface area contributed by atoms with Crippen LogP contribution in [0.25, 0.3) is 33.9 Å². The molecular weight excluding hydrogens is 358 g/mol. The highest BCUT2D eigenvalue weighted by molar-refractivity contribution is 5.74. The molecule has 0 bridgehead atoms. The molecule has 0 amide bonds.